The highest BCUT2D eigenvalue weighted by atomic mass is 79.9. The topological polar surface area (TPSA) is 50.4 Å². The van der Waals surface area contributed by atoms with E-state index < -0.39 is 12.0 Å². The molecule has 4 nitrogen and oxygen atoms in total. The zero-order valence-electron chi connectivity index (χ0n) is 12.5. The normalized spacial score (nSPS) is 11.5. The minimum Gasteiger partial charge on any atom is -0.479 e. The summed E-state index contributed by atoms with van der Waals surface area (Å²) in [5.41, 5.74) is 0.747. The monoisotopic (exact) mass is 446 g/mol. The summed E-state index contributed by atoms with van der Waals surface area (Å²) in [6.45, 7) is 1.60. The molecular weight excluding hydrogens is 435 g/mol. The van der Waals surface area contributed by atoms with E-state index in [4.69, 9.17) is 40.2 Å². The molecule has 24 heavy (non-hydrogen) atoms. The second kappa shape index (κ2) is 8.67. The van der Waals surface area contributed by atoms with Crippen LogP contribution in [-0.4, -0.2) is 17.1 Å². The van der Waals surface area contributed by atoms with Crippen LogP contribution in [0.4, 0.5) is 5.69 Å². The van der Waals surface area contributed by atoms with Crippen molar-refractivity contribution in [1.82, 2.24) is 5.32 Å². The molecule has 1 amide bonds. The Morgan fingerprint density at radius 1 is 1.25 bits per heavy atom. The molecule has 2 N–H and O–H groups in total. The van der Waals surface area contributed by atoms with Crippen LogP contribution in [0.3, 0.4) is 0 Å². The number of hydrogen-bond acceptors (Lipinski definition) is 3. The van der Waals surface area contributed by atoms with Crippen LogP contribution in [0.25, 0.3) is 0 Å². The molecule has 2 rings (SSSR count). The Labute approximate surface area is 163 Å². The summed E-state index contributed by atoms with van der Waals surface area (Å²) < 4.78 is 6.37. The highest BCUT2D eigenvalue weighted by molar-refractivity contribution is 9.10. The van der Waals surface area contributed by atoms with Crippen LogP contribution < -0.4 is 15.4 Å². The lowest BCUT2D eigenvalue weighted by atomic mass is 10.3. The fourth-order valence-electron chi connectivity index (χ4n) is 1.74. The Kier molecular flexibility index (Phi) is 6.86. The number of rotatable bonds is 4. The molecule has 126 valence electrons. The maximum atomic E-state index is 12.2. The van der Waals surface area contributed by atoms with Crippen LogP contribution in [0.2, 0.25) is 10.0 Å². The molecule has 1 unspecified atom stereocenters. The molecule has 1 atom stereocenters. The molecule has 0 fully saturated rings. The van der Waals surface area contributed by atoms with Gasteiger partial charge in [0, 0.05) is 9.50 Å². The lowest BCUT2D eigenvalue weighted by molar-refractivity contribution is -0.125. The van der Waals surface area contributed by atoms with Crippen molar-refractivity contribution in [3.63, 3.8) is 0 Å². The molecule has 0 aliphatic heterocycles. The SMILES string of the molecule is CC(Oc1ccc(Cl)cc1Cl)C(=O)NC(=S)Nc1ccccc1Br. The third-order valence-corrected chi connectivity index (χ3v) is 4.35. The quantitative estimate of drug-likeness (QED) is 0.645. The van der Waals surface area contributed by atoms with Crippen molar-refractivity contribution in [1.29, 1.82) is 0 Å². The van der Waals surface area contributed by atoms with Crippen LogP contribution in [0.15, 0.2) is 46.9 Å². The van der Waals surface area contributed by atoms with Gasteiger partial charge in [-0.25, -0.2) is 0 Å². The third-order valence-electron chi connectivity index (χ3n) is 2.93. The lowest BCUT2D eigenvalue weighted by Gasteiger charge is -2.17. The molecular formula is C16H13BrCl2N2O2S. The molecule has 0 saturated carbocycles. The molecule has 0 bridgehead atoms. The molecule has 0 aromatic heterocycles. The van der Waals surface area contributed by atoms with Crippen LogP contribution in [0.5, 0.6) is 5.75 Å². The second-order valence-electron chi connectivity index (χ2n) is 4.76. The Hall–Kier alpha value is -1.34. The van der Waals surface area contributed by atoms with Gasteiger partial charge >= 0.3 is 0 Å². The van der Waals surface area contributed by atoms with Crippen LogP contribution in [-0.2, 0) is 4.79 Å². The number of benzene rings is 2. The zero-order valence-corrected chi connectivity index (χ0v) is 16.4. The molecule has 0 saturated heterocycles. The standard InChI is InChI=1S/C16H13BrCl2N2O2S/c1-9(23-14-7-6-10(18)8-12(14)19)15(22)21-16(24)20-13-5-3-2-4-11(13)17/h2-9H,1H3,(H2,20,21,22,24). The van der Waals surface area contributed by atoms with Gasteiger partial charge in [-0.3, -0.25) is 10.1 Å². The first kappa shape index (κ1) is 19.0. The van der Waals surface area contributed by atoms with Gasteiger partial charge in [-0.05, 0) is 65.4 Å². The summed E-state index contributed by atoms with van der Waals surface area (Å²) in [4.78, 5) is 12.2. The highest BCUT2D eigenvalue weighted by Crippen LogP contribution is 2.28. The fraction of sp³-hybridized carbons (Fsp3) is 0.125. The number of anilines is 1. The van der Waals surface area contributed by atoms with Gasteiger partial charge in [-0.1, -0.05) is 35.3 Å². The summed E-state index contributed by atoms with van der Waals surface area (Å²) in [5, 5.41) is 6.49. The van der Waals surface area contributed by atoms with Crippen LogP contribution >= 0.6 is 51.3 Å². The van der Waals surface area contributed by atoms with E-state index in [9.17, 15) is 4.79 Å². The first-order valence-corrected chi connectivity index (χ1v) is 8.80. The Balaban J connectivity index is 1.93. The molecule has 0 aliphatic carbocycles. The van der Waals surface area contributed by atoms with Crippen molar-refractivity contribution in [3.05, 3.63) is 57.0 Å². The number of para-hydroxylation sites is 1. The number of nitrogens with one attached hydrogen (secondary N) is 2. The van der Waals surface area contributed by atoms with Gasteiger partial charge in [0.15, 0.2) is 11.2 Å². The smallest absolute Gasteiger partial charge is 0.266 e. The fourth-order valence-corrected chi connectivity index (χ4v) is 2.79. The average Bonchev–Trinajstić information content (AvgIpc) is 2.52. The molecule has 2 aromatic rings. The lowest BCUT2D eigenvalue weighted by Crippen LogP contribution is -2.42. The first-order chi connectivity index (χ1) is 11.4. The van der Waals surface area contributed by atoms with Gasteiger partial charge in [0.2, 0.25) is 0 Å². The molecule has 0 heterocycles. The number of thiocarbonyl (C=S) groups is 1. The third kappa shape index (κ3) is 5.34. The first-order valence-electron chi connectivity index (χ1n) is 6.85. The molecule has 8 heteroatoms. The van der Waals surface area contributed by atoms with Crippen LogP contribution in [0, 0.1) is 0 Å². The summed E-state index contributed by atoms with van der Waals surface area (Å²) in [6, 6.07) is 12.2. The number of amides is 1. The van der Waals surface area contributed by atoms with E-state index in [0.717, 1.165) is 10.2 Å². The summed E-state index contributed by atoms with van der Waals surface area (Å²) >= 11 is 20.4. The van der Waals surface area contributed by atoms with E-state index >= 15 is 0 Å². The summed E-state index contributed by atoms with van der Waals surface area (Å²) in [5.74, 6) is -0.0287. The molecule has 0 aliphatic rings. The highest BCUT2D eigenvalue weighted by Gasteiger charge is 2.17. The van der Waals surface area contributed by atoms with Crippen molar-refractivity contribution in [3.8, 4) is 5.75 Å². The number of halogens is 3. The molecule has 0 radical (unpaired) electrons. The van der Waals surface area contributed by atoms with E-state index in [1.54, 1.807) is 25.1 Å². The molecule has 0 spiro atoms. The van der Waals surface area contributed by atoms with Crippen molar-refractivity contribution in [2.75, 3.05) is 5.32 Å². The van der Waals surface area contributed by atoms with Gasteiger partial charge in [0.1, 0.15) is 5.75 Å². The Bertz CT molecular complexity index is 773. The van der Waals surface area contributed by atoms with E-state index in [0.29, 0.717) is 15.8 Å². The molecule has 2 aromatic carbocycles. The predicted molar refractivity (Wildman–Crippen MR) is 105 cm³/mol. The van der Waals surface area contributed by atoms with E-state index in [1.807, 2.05) is 24.3 Å². The van der Waals surface area contributed by atoms with Gasteiger partial charge in [-0.2, -0.15) is 0 Å². The average molecular weight is 448 g/mol. The van der Waals surface area contributed by atoms with E-state index in [1.165, 1.54) is 0 Å². The van der Waals surface area contributed by atoms with E-state index in [2.05, 4.69) is 26.6 Å². The van der Waals surface area contributed by atoms with Crippen LogP contribution in [0.1, 0.15) is 6.92 Å². The van der Waals surface area contributed by atoms with Gasteiger partial charge in [0.05, 0.1) is 10.7 Å². The van der Waals surface area contributed by atoms with Crippen molar-refractivity contribution >= 4 is 68.1 Å². The maximum Gasteiger partial charge on any atom is 0.266 e. The van der Waals surface area contributed by atoms with Gasteiger partial charge < -0.3 is 10.1 Å². The minimum atomic E-state index is -0.789. The van der Waals surface area contributed by atoms with Gasteiger partial charge in [0.25, 0.3) is 5.91 Å². The minimum absolute atomic E-state index is 0.171. The second-order valence-corrected chi connectivity index (χ2v) is 6.86. The van der Waals surface area contributed by atoms with Crippen molar-refractivity contribution < 1.29 is 9.53 Å². The predicted octanol–water partition coefficient (Wildman–Crippen LogP) is 5.04. The number of ether oxygens (including phenoxy) is 1. The summed E-state index contributed by atoms with van der Waals surface area (Å²) in [6.07, 6.45) is -0.789. The van der Waals surface area contributed by atoms with Crippen molar-refractivity contribution in [2.24, 2.45) is 0 Å². The largest absolute Gasteiger partial charge is 0.479 e. The number of carbonyl (C=O) groups excluding carboxylic acids is 1. The van der Waals surface area contributed by atoms with Gasteiger partial charge in [-0.15, -0.1) is 0 Å². The van der Waals surface area contributed by atoms with E-state index in [-0.39, 0.29) is 5.11 Å². The number of hydrogen-bond donors (Lipinski definition) is 2. The van der Waals surface area contributed by atoms with Crippen molar-refractivity contribution in [2.45, 2.75) is 13.0 Å². The zero-order chi connectivity index (χ0) is 17.7. The number of carbonyl (C=O) groups is 1. The summed E-state index contributed by atoms with van der Waals surface area (Å²) in [7, 11) is 0. The Morgan fingerprint density at radius 3 is 2.62 bits per heavy atom. The Morgan fingerprint density at radius 2 is 1.96 bits per heavy atom. The maximum absolute atomic E-state index is 12.2.